The number of hydrogen-bond donors (Lipinski definition) is 3. The second-order valence-corrected chi connectivity index (χ2v) is 9.07. The highest BCUT2D eigenvalue weighted by Gasteiger charge is 2.21. The first kappa shape index (κ1) is 22.0. The highest BCUT2D eigenvalue weighted by molar-refractivity contribution is 7.14. The zero-order valence-corrected chi connectivity index (χ0v) is 19.6. The molecule has 0 fully saturated rings. The van der Waals surface area contributed by atoms with Gasteiger partial charge in [-0.2, -0.15) is 9.49 Å². The first-order valence-electron chi connectivity index (χ1n) is 11.0. The lowest BCUT2D eigenvalue weighted by Gasteiger charge is -2.08. The van der Waals surface area contributed by atoms with E-state index in [1.165, 1.54) is 18.5 Å². The number of aromatic amines is 2. The van der Waals surface area contributed by atoms with E-state index in [1.54, 1.807) is 43.5 Å². The summed E-state index contributed by atoms with van der Waals surface area (Å²) >= 11 is 1.02. The number of H-pyrrole nitrogens is 2. The fraction of sp³-hybridized carbons (Fsp3) is 0.0800. The van der Waals surface area contributed by atoms with Gasteiger partial charge in [0, 0.05) is 40.4 Å². The van der Waals surface area contributed by atoms with Crippen LogP contribution in [0.2, 0.25) is 0 Å². The number of amides is 1. The Labute approximate surface area is 206 Å². The van der Waals surface area contributed by atoms with Gasteiger partial charge >= 0.3 is 0 Å². The third-order valence-corrected chi connectivity index (χ3v) is 6.68. The fourth-order valence-corrected chi connectivity index (χ4v) is 4.82. The second-order valence-electron chi connectivity index (χ2n) is 8.03. The maximum Gasteiger partial charge on any atom is 0.224 e. The first-order valence-corrected chi connectivity index (χ1v) is 11.9. The van der Waals surface area contributed by atoms with Gasteiger partial charge in [0.2, 0.25) is 5.91 Å². The molecule has 1 amide bonds. The lowest BCUT2D eigenvalue weighted by atomic mass is 10.0. The Bertz CT molecular complexity index is 1770. The largest absolute Gasteiger partial charge is 0.335 e. The van der Waals surface area contributed by atoms with Crippen LogP contribution in [0.5, 0.6) is 0 Å². The highest BCUT2D eigenvalue weighted by atomic mass is 32.1. The molecule has 5 aromatic heterocycles. The summed E-state index contributed by atoms with van der Waals surface area (Å²) in [6.07, 6.45) is 4.95. The minimum absolute atomic E-state index is 0.162. The fourth-order valence-electron chi connectivity index (χ4n) is 4.06. The van der Waals surface area contributed by atoms with E-state index in [2.05, 4.69) is 35.5 Å². The summed E-state index contributed by atoms with van der Waals surface area (Å²) in [4.78, 5) is 28.7. The van der Waals surface area contributed by atoms with Gasteiger partial charge in [0.15, 0.2) is 16.6 Å². The summed E-state index contributed by atoms with van der Waals surface area (Å²) in [6.45, 7) is 1.75. The van der Waals surface area contributed by atoms with Crippen LogP contribution < -0.4 is 5.32 Å². The topological polar surface area (TPSA) is 112 Å². The van der Waals surface area contributed by atoms with Gasteiger partial charge in [0.1, 0.15) is 11.5 Å². The number of nitrogens with one attached hydrogen (secondary N) is 3. The second kappa shape index (κ2) is 8.61. The summed E-state index contributed by atoms with van der Waals surface area (Å²) in [7, 11) is 0. The van der Waals surface area contributed by atoms with E-state index in [1.807, 2.05) is 0 Å². The van der Waals surface area contributed by atoms with E-state index in [0.717, 1.165) is 21.8 Å². The molecule has 0 radical (unpaired) electrons. The number of anilines is 1. The van der Waals surface area contributed by atoms with Crippen molar-refractivity contribution in [2.45, 2.75) is 13.3 Å². The minimum atomic E-state index is -0.508. The molecule has 0 aliphatic heterocycles. The average molecular weight is 502 g/mol. The maximum absolute atomic E-state index is 15.9. The molecule has 8 nitrogen and oxygen atoms in total. The summed E-state index contributed by atoms with van der Waals surface area (Å²) in [5.41, 5.74) is 3.81. The number of pyridine rings is 2. The Morgan fingerprint density at radius 3 is 2.81 bits per heavy atom. The van der Waals surface area contributed by atoms with Crippen LogP contribution in [0.25, 0.3) is 55.2 Å². The number of halogens is 2. The van der Waals surface area contributed by atoms with Crippen LogP contribution in [0, 0.1) is 10.9 Å². The van der Waals surface area contributed by atoms with Gasteiger partial charge in [0.05, 0.1) is 28.3 Å². The van der Waals surface area contributed by atoms with E-state index >= 15 is 4.39 Å². The molecule has 6 aromatic rings. The van der Waals surface area contributed by atoms with Gasteiger partial charge in [-0.3, -0.25) is 14.9 Å². The zero-order valence-electron chi connectivity index (χ0n) is 18.8. The van der Waals surface area contributed by atoms with Crippen molar-refractivity contribution < 1.29 is 13.6 Å². The average Bonchev–Trinajstić information content (AvgIpc) is 3.62. The van der Waals surface area contributed by atoms with Crippen molar-refractivity contribution in [3.05, 3.63) is 65.9 Å². The van der Waals surface area contributed by atoms with Crippen molar-refractivity contribution in [2.75, 3.05) is 5.32 Å². The molecule has 5 heterocycles. The molecule has 0 saturated carbocycles. The third-order valence-electron chi connectivity index (χ3n) is 5.78. The summed E-state index contributed by atoms with van der Waals surface area (Å²) in [5.74, 6) is -0.345. The maximum atomic E-state index is 15.9. The third kappa shape index (κ3) is 3.69. The molecule has 178 valence electrons. The molecule has 0 spiro atoms. The van der Waals surface area contributed by atoms with Crippen molar-refractivity contribution in [3.8, 4) is 33.1 Å². The van der Waals surface area contributed by atoms with Gasteiger partial charge < -0.3 is 10.3 Å². The number of thiophene rings is 1. The van der Waals surface area contributed by atoms with Crippen LogP contribution in [-0.2, 0) is 4.79 Å². The smallest absolute Gasteiger partial charge is 0.224 e. The Kier molecular flexibility index (Phi) is 5.26. The van der Waals surface area contributed by atoms with Crippen molar-refractivity contribution >= 4 is 45.0 Å². The Morgan fingerprint density at radius 2 is 2.00 bits per heavy atom. The molecule has 0 bridgehead atoms. The quantitative estimate of drug-likeness (QED) is 0.272. The molecule has 11 heteroatoms. The number of nitrogens with zero attached hydrogens (tertiary/aromatic N) is 4. The molecule has 0 unspecified atom stereocenters. The Balaban J connectivity index is 1.47. The molecule has 0 saturated heterocycles. The van der Waals surface area contributed by atoms with E-state index < -0.39 is 5.82 Å². The van der Waals surface area contributed by atoms with Crippen LogP contribution in [0.4, 0.5) is 14.5 Å². The Hall–Kier alpha value is -4.51. The number of carbonyl (C=O) groups excluding carboxylic acids is 1. The number of rotatable bonds is 5. The number of carbonyl (C=O) groups is 1. The number of hydrogen-bond acceptors (Lipinski definition) is 6. The highest BCUT2D eigenvalue weighted by Crippen LogP contribution is 2.36. The lowest BCUT2D eigenvalue weighted by Crippen LogP contribution is -2.09. The van der Waals surface area contributed by atoms with Crippen molar-refractivity contribution in [2.24, 2.45) is 0 Å². The van der Waals surface area contributed by atoms with Gasteiger partial charge in [-0.15, -0.1) is 11.3 Å². The van der Waals surface area contributed by atoms with E-state index in [0.29, 0.717) is 45.7 Å². The SMILES string of the molecule is CCC(=O)Nc1cncc(-c2ccc3[nH]nc(-c4nc5nccc(-c6ccc(F)s6)c5[nH]4)c3c2F)c1. The van der Waals surface area contributed by atoms with Crippen LogP contribution in [0.3, 0.4) is 0 Å². The molecule has 0 atom stereocenters. The van der Waals surface area contributed by atoms with Crippen LogP contribution in [-0.4, -0.2) is 36.0 Å². The standard InChI is InChI=1S/C25H17F2N7OS/c1-2-19(35)30-13-9-12(10-28-11-13)14-3-4-16-20(21(14)27)23(34-33-16)25-31-22-15(7-8-29-24(22)32-25)17-5-6-18(26)36-17/h3-11H,2H2,1H3,(H,30,35)(H,33,34)(H,29,31,32). The van der Waals surface area contributed by atoms with Crippen molar-refractivity contribution in [3.63, 3.8) is 0 Å². The lowest BCUT2D eigenvalue weighted by molar-refractivity contribution is -0.115. The summed E-state index contributed by atoms with van der Waals surface area (Å²) in [6, 6.07) is 9.89. The van der Waals surface area contributed by atoms with Crippen LogP contribution >= 0.6 is 11.3 Å². The van der Waals surface area contributed by atoms with Gasteiger partial charge in [-0.05, 0) is 36.4 Å². The number of fused-ring (bicyclic) bond motifs is 2. The number of imidazole rings is 1. The number of aromatic nitrogens is 6. The minimum Gasteiger partial charge on any atom is -0.335 e. The number of benzene rings is 1. The van der Waals surface area contributed by atoms with Crippen LogP contribution in [0.15, 0.2) is 55.0 Å². The molecule has 0 aliphatic carbocycles. The molecular formula is C25H17F2N7OS. The Morgan fingerprint density at radius 1 is 1.11 bits per heavy atom. The molecule has 36 heavy (non-hydrogen) atoms. The van der Waals surface area contributed by atoms with Crippen molar-refractivity contribution in [1.29, 1.82) is 0 Å². The van der Waals surface area contributed by atoms with Crippen molar-refractivity contribution in [1.82, 2.24) is 30.1 Å². The molecule has 6 rings (SSSR count). The predicted octanol–water partition coefficient (Wildman–Crippen LogP) is 5.92. The molecule has 0 aliphatic rings. The van der Waals surface area contributed by atoms with Gasteiger partial charge in [-0.25, -0.2) is 14.4 Å². The molecular weight excluding hydrogens is 484 g/mol. The van der Waals surface area contributed by atoms with E-state index in [-0.39, 0.29) is 22.1 Å². The zero-order chi connectivity index (χ0) is 24.8. The summed E-state index contributed by atoms with van der Waals surface area (Å²) < 4.78 is 29.6. The van der Waals surface area contributed by atoms with Crippen LogP contribution in [0.1, 0.15) is 13.3 Å². The van der Waals surface area contributed by atoms with Gasteiger partial charge in [-0.1, -0.05) is 6.92 Å². The van der Waals surface area contributed by atoms with E-state index in [9.17, 15) is 9.18 Å². The normalized spacial score (nSPS) is 11.4. The predicted molar refractivity (Wildman–Crippen MR) is 134 cm³/mol. The first-order chi connectivity index (χ1) is 17.5. The van der Waals surface area contributed by atoms with Gasteiger partial charge in [0.25, 0.3) is 0 Å². The summed E-state index contributed by atoms with van der Waals surface area (Å²) in [5, 5.41) is 9.86. The molecule has 3 N–H and O–H groups in total. The van der Waals surface area contributed by atoms with E-state index in [4.69, 9.17) is 0 Å². The monoisotopic (exact) mass is 501 g/mol. The molecule has 1 aromatic carbocycles.